The summed E-state index contributed by atoms with van der Waals surface area (Å²) in [6, 6.07) is 0. The molecule has 0 bridgehead atoms. The van der Waals surface area contributed by atoms with Gasteiger partial charge in [-0.1, -0.05) is 52.4 Å². The van der Waals surface area contributed by atoms with Gasteiger partial charge in [-0.25, -0.2) is 0 Å². The van der Waals surface area contributed by atoms with Crippen molar-refractivity contribution in [3.8, 4) is 0 Å². The number of hydrogen-bond acceptors (Lipinski definition) is 1. The zero-order chi connectivity index (χ0) is 11.1. The molecule has 1 fully saturated rings. The Labute approximate surface area is 95.8 Å². The Kier molecular flexibility index (Phi) is 5.66. The molecule has 1 nitrogen and oxygen atoms in total. The first kappa shape index (κ1) is 13.0. The lowest BCUT2D eigenvalue weighted by atomic mass is 9.85. The fourth-order valence-corrected chi connectivity index (χ4v) is 2.76. The predicted octanol–water partition coefficient (Wildman–Crippen LogP) is 4.25. The van der Waals surface area contributed by atoms with Crippen LogP contribution in [0, 0.1) is 5.92 Å². The first-order valence-corrected chi connectivity index (χ1v) is 6.95. The van der Waals surface area contributed by atoms with Crippen LogP contribution < -0.4 is 5.73 Å². The third kappa shape index (κ3) is 5.01. The summed E-state index contributed by atoms with van der Waals surface area (Å²) in [5, 5.41) is 0. The van der Waals surface area contributed by atoms with E-state index >= 15 is 0 Å². The number of hydrogen-bond donors (Lipinski definition) is 1. The molecule has 1 saturated carbocycles. The molecule has 0 aliphatic heterocycles. The third-order valence-electron chi connectivity index (χ3n) is 4.03. The van der Waals surface area contributed by atoms with Crippen molar-refractivity contribution in [2.45, 2.75) is 83.6 Å². The Balaban J connectivity index is 2.24. The molecule has 0 radical (unpaired) electrons. The molecule has 0 amide bonds. The van der Waals surface area contributed by atoms with E-state index in [0.717, 1.165) is 5.92 Å². The molecule has 0 aromatic rings. The van der Waals surface area contributed by atoms with Crippen LogP contribution in [0.3, 0.4) is 0 Å². The summed E-state index contributed by atoms with van der Waals surface area (Å²) in [5.74, 6) is 0.908. The molecule has 0 spiro atoms. The number of rotatable bonds is 5. The first-order chi connectivity index (χ1) is 7.16. The summed E-state index contributed by atoms with van der Waals surface area (Å²) >= 11 is 0. The summed E-state index contributed by atoms with van der Waals surface area (Å²) in [6.45, 7) is 4.65. The molecule has 2 N–H and O–H groups in total. The van der Waals surface area contributed by atoms with Crippen LogP contribution in [0.1, 0.15) is 78.1 Å². The van der Waals surface area contributed by atoms with E-state index in [4.69, 9.17) is 5.73 Å². The second-order valence-electron chi connectivity index (χ2n) is 5.71. The van der Waals surface area contributed by atoms with Crippen LogP contribution in [0.5, 0.6) is 0 Å². The van der Waals surface area contributed by atoms with Crippen LogP contribution in [0.15, 0.2) is 0 Å². The molecular formula is C14H29N. The molecule has 1 heteroatoms. The maximum absolute atomic E-state index is 6.50. The maximum Gasteiger partial charge on any atom is 0.0154 e. The smallest absolute Gasteiger partial charge is 0.0154 e. The summed E-state index contributed by atoms with van der Waals surface area (Å²) < 4.78 is 0. The Bertz CT molecular complexity index is 167. The molecule has 15 heavy (non-hydrogen) atoms. The highest BCUT2D eigenvalue weighted by Crippen LogP contribution is 2.31. The minimum Gasteiger partial charge on any atom is -0.325 e. The summed E-state index contributed by atoms with van der Waals surface area (Å²) in [6.07, 6.45) is 13.3. The minimum absolute atomic E-state index is 0.193. The van der Waals surface area contributed by atoms with Crippen molar-refractivity contribution in [1.82, 2.24) is 0 Å². The van der Waals surface area contributed by atoms with Gasteiger partial charge >= 0.3 is 0 Å². The van der Waals surface area contributed by atoms with E-state index in [1.165, 1.54) is 64.2 Å². The normalized spacial score (nSPS) is 32.6. The van der Waals surface area contributed by atoms with Crippen molar-refractivity contribution in [3.63, 3.8) is 0 Å². The van der Waals surface area contributed by atoms with E-state index in [1.807, 2.05) is 0 Å². The van der Waals surface area contributed by atoms with Gasteiger partial charge in [0.25, 0.3) is 0 Å². The Morgan fingerprint density at radius 3 is 2.67 bits per heavy atom. The van der Waals surface area contributed by atoms with E-state index in [2.05, 4.69) is 13.8 Å². The average molecular weight is 211 g/mol. The van der Waals surface area contributed by atoms with E-state index in [1.54, 1.807) is 0 Å². The molecule has 2 atom stereocenters. The molecule has 0 aromatic heterocycles. The summed E-state index contributed by atoms with van der Waals surface area (Å²) in [7, 11) is 0. The van der Waals surface area contributed by atoms with Gasteiger partial charge in [0, 0.05) is 5.54 Å². The van der Waals surface area contributed by atoms with Gasteiger partial charge in [0.1, 0.15) is 0 Å². The highest BCUT2D eigenvalue weighted by molar-refractivity contribution is 4.86. The highest BCUT2D eigenvalue weighted by Gasteiger charge is 2.27. The Morgan fingerprint density at radius 1 is 1.13 bits per heavy atom. The molecule has 1 rings (SSSR count). The third-order valence-corrected chi connectivity index (χ3v) is 4.03. The van der Waals surface area contributed by atoms with Crippen molar-refractivity contribution in [2.24, 2.45) is 11.7 Å². The van der Waals surface area contributed by atoms with Crippen molar-refractivity contribution in [2.75, 3.05) is 0 Å². The quantitative estimate of drug-likeness (QED) is 0.534. The van der Waals surface area contributed by atoms with E-state index in [-0.39, 0.29) is 5.54 Å². The van der Waals surface area contributed by atoms with Crippen LogP contribution >= 0.6 is 0 Å². The average Bonchev–Trinajstić information content (AvgIpc) is 2.37. The molecule has 1 aliphatic rings. The molecule has 90 valence electrons. The molecule has 1 aliphatic carbocycles. The van der Waals surface area contributed by atoms with Gasteiger partial charge in [-0.15, -0.1) is 0 Å². The monoisotopic (exact) mass is 211 g/mol. The van der Waals surface area contributed by atoms with Crippen LogP contribution in [0.4, 0.5) is 0 Å². The maximum atomic E-state index is 6.50. The van der Waals surface area contributed by atoms with Gasteiger partial charge < -0.3 is 5.73 Å². The summed E-state index contributed by atoms with van der Waals surface area (Å²) in [5.41, 5.74) is 6.70. The lowest BCUT2D eigenvalue weighted by Crippen LogP contribution is -2.39. The lowest BCUT2D eigenvalue weighted by Gasteiger charge is -2.28. The van der Waals surface area contributed by atoms with Crippen LogP contribution in [-0.4, -0.2) is 5.54 Å². The topological polar surface area (TPSA) is 26.0 Å². The van der Waals surface area contributed by atoms with Crippen LogP contribution in [0.2, 0.25) is 0 Å². The van der Waals surface area contributed by atoms with Crippen molar-refractivity contribution >= 4 is 0 Å². The highest BCUT2D eigenvalue weighted by atomic mass is 14.7. The van der Waals surface area contributed by atoms with Crippen molar-refractivity contribution in [1.29, 1.82) is 0 Å². The minimum atomic E-state index is 0.193. The molecule has 0 heterocycles. The molecule has 2 unspecified atom stereocenters. The predicted molar refractivity (Wildman–Crippen MR) is 67.9 cm³/mol. The van der Waals surface area contributed by atoms with Gasteiger partial charge in [0.05, 0.1) is 0 Å². The Morgan fingerprint density at radius 2 is 1.93 bits per heavy atom. The van der Waals surface area contributed by atoms with E-state index in [0.29, 0.717) is 0 Å². The van der Waals surface area contributed by atoms with Gasteiger partial charge in [-0.05, 0) is 31.6 Å². The zero-order valence-corrected chi connectivity index (χ0v) is 10.7. The Hall–Kier alpha value is -0.0400. The largest absolute Gasteiger partial charge is 0.325 e. The summed E-state index contributed by atoms with van der Waals surface area (Å²) in [4.78, 5) is 0. The zero-order valence-electron chi connectivity index (χ0n) is 10.7. The van der Waals surface area contributed by atoms with E-state index < -0.39 is 0 Å². The van der Waals surface area contributed by atoms with Gasteiger partial charge in [-0.2, -0.15) is 0 Å². The molecule has 0 aromatic carbocycles. The van der Waals surface area contributed by atoms with Gasteiger partial charge in [0.15, 0.2) is 0 Å². The SMILES string of the molecule is CCCCCCC1(N)CCCC(C)CC1. The van der Waals surface area contributed by atoms with Crippen molar-refractivity contribution < 1.29 is 0 Å². The second-order valence-corrected chi connectivity index (χ2v) is 5.71. The van der Waals surface area contributed by atoms with Crippen LogP contribution in [-0.2, 0) is 0 Å². The fourth-order valence-electron chi connectivity index (χ4n) is 2.76. The molecular weight excluding hydrogens is 182 g/mol. The number of unbranched alkanes of at least 4 members (excludes halogenated alkanes) is 3. The molecule has 0 saturated heterocycles. The van der Waals surface area contributed by atoms with Gasteiger partial charge in [0.2, 0.25) is 0 Å². The van der Waals surface area contributed by atoms with Crippen molar-refractivity contribution in [3.05, 3.63) is 0 Å². The lowest BCUT2D eigenvalue weighted by molar-refractivity contribution is 0.327. The second kappa shape index (κ2) is 6.52. The standard InChI is InChI=1S/C14H29N/c1-3-4-5-6-10-14(15)11-7-8-13(2)9-12-14/h13H,3-12,15H2,1-2H3. The van der Waals surface area contributed by atoms with Gasteiger partial charge in [-0.3, -0.25) is 0 Å². The fraction of sp³-hybridized carbons (Fsp3) is 1.00. The van der Waals surface area contributed by atoms with E-state index in [9.17, 15) is 0 Å². The number of nitrogens with two attached hydrogens (primary N) is 1. The van der Waals surface area contributed by atoms with Crippen LogP contribution in [0.25, 0.3) is 0 Å². The first-order valence-electron chi connectivity index (χ1n) is 6.95.